The zero-order valence-corrected chi connectivity index (χ0v) is 17.3. The first-order valence-corrected chi connectivity index (χ1v) is 9.72. The van der Waals surface area contributed by atoms with Crippen LogP contribution in [0.1, 0.15) is 41.5 Å². The monoisotopic (exact) mass is 418 g/mol. The maximum Gasteiger partial charge on any atom is 0.341 e. The molecule has 162 valence electrons. The first-order chi connectivity index (χ1) is 14.3. The highest BCUT2D eigenvalue weighted by molar-refractivity contribution is 6.05. The summed E-state index contributed by atoms with van der Waals surface area (Å²) in [6.45, 7) is 6.08. The molecule has 0 aromatic heterocycles. The van der Waals surface area contributed by atoms with E-state index in [4.69, 9.17) is 9.47 Å². The Labute approximate surface area is 175 Å². The number of amides is 1. The van der Waals surface area contributed by atoms with Gasteiger partial charge in [-0.05, 0) is 43.3 Å². The number of rotatable bonds is 10. The maximum atomic E-state index is 13.3. The molecule has 0 saturated heterocycles. The van der Waals surface area contributed by atoms with Crippen LogP contribution < -0.4 is 15.4 Å². The van der Waals surface area contributed by atoms with Crippen molar-refractivity contribution < 1.29 is 28.6 Å². The van der Waals surface area contributed by atoms with Crippen molar-refractivity contribution >= 4 is 17.6 Å². The minimum absolute atomic E-state index is 0.0267. The third-order valence-corrected chi connectivity index (χ3v) is 4.01. The standard InChI is InChI=1S/C22H27FN2O5/c1-4-29-22(28)19-11-17(25-21(27)15-6-5-7-16(23)10-15)8-9-20(19)30-13-18(26)12-24-14(2)3/h5-11,14,18,24,26H,4,12-13H2,1-3H3,(H,25,27). The minimum atomic E-state index is -0.769. The van der Waals surface area contributed by atoms with Crippen molar-refractivity contribution in [2.45, 2.75) is 32.9 Å². The topological polar surface area (TPSA) is 96.9 Å². The molecule has 1 unspecified atom stereocenters. The van der Waals surface area contributed by atoms with E-state index in [1.54, 1.807) is 13.0 Å². The molecule has 0 aliphatic heterocycles. The Morgan fingerprint density at radius 3 is 2.60 bits per heavy atom. The van der Waals surface area contributed by atoms with Crippen molar-refractivity contribution in [3.05, 3.63) is 59.4 Å². The summed E-state index contributed by atoms with van der Waals surface area (Å²) in [5.41, 5.74) is 0.577. The number of hydrogen-bond donors (Lipinski definition) is 3. The Morgan fingerprint density at radius 1 is 1.17 bits per heavy atom. The van der Waals surface area contributed by atoms with Gasteiger partial charge in [-0.25, -0.2) is 9.18 Å². The van der Waals surface area contributed by atoms with Crippen molar-refractivity contribution in [1.82, 2.24) is 5.32 Å². The van der Waals surface area contributed by atoms with E-state index in [0.717, 1.165) is 6.07 Å². The molecule has 0 aliphatic carbocycles. The van der Waals surface area contributed by atoms with E-state index in [2.05, 4.69) is 10.6 Å². The smallest absolute Gasteiger partial charge is 0.341 e. The van der Waals surface area contributed by atoms with Gasteiger partial charge in [0.15, 0.2) is 0 Å². The number of benzene rings is 2. The van der Waals surface area contributed by atoms with Crippen molar-refractivity contribution in [1.29, 1.82) is 0 Å². The highest BCUT2D eigenvalue weighted by Crippen LogP contribution is 2.25. The molecule has 0 fully saturated rings. The first kappa shape index (κ1) is 23.3. The zero-order valence-electron chi connectivity index (χ0n) is 17.3. The van der Waals surface area contributed by atoms with Gasteiger partial charge in [0.05, 0.1) is 6.61 Å². The van der Waals surface area contributed by atoms with Crippen molar-refractivity contribution in [2.24, 2.45) is 0 Å². The van der Waals surface area contributed by atoms with Gasteiger partial charge in [0, 0.05) is 23.8 Å². The molecule has 30 heavy (non-hydrogen) atoms. The molecule has 0 saturated carbocycles. The molecule has 0 spiro atoms. The van der Waals surface area contributed by atoms with Crippen LogP contribution in [0.15, 0.2) is 42.5 Å². The van der Waals surface area contributed by atoms with E-state index in [1.807, 2.05) is 13.8 Å². The van der Waals surface area contributed by atoms with Crippen LogP contribution in [0.25, 0.3) is 0 Å². The molecule has 0 bridgehead atoms. The summed E-state index contributed by atoms with van der Waals surface area (Å²) in [4.78, 5) is 24.7. The molecule has 0 heterocycles. The molecule has 2 rings (SSSR count). The summed E-state index contributed by atoms with van der Waals surface area (Å²) >= 11 is 0. The largest absolute Gasteiger partial charge is 0.490 e. The lowest BCUT2D eigenvalue weighted by Gasteiger charge is -2.17. The first-order valence-electron chi connectivity index (χ1n) is 9.72. The van der Waals surface area contributed by atoms with Crippen LogP contribution in [0.3, 0.4) is 0 Å². The molecule has 1 atom stereocenters. The van der Waals surface area contributed by atoms with Gasteiger partial charge in [0.2, 0.25) is 0 Å². The fourth-order valence-electron chi connectivity index (χ4n) is 2.55. The number of anilines is 1. The Balaban J connectivity index is 2.15. The third-order valence-electron chi connectivity index (χ3n) is 4.01. The van der Waals surface area contributed by atoms with Crippen LogP contribution in [-0.4, -0.2) is 48.9 Å². The maximum absolute atomic E-state index is 13.3. The van der Waals surface area contributed by atoms with E-state index in [-0.39, 0.29) is 36.1 Å². The molecule has 0 radical (unpaired) electrons. The molecular weight excluding hydrogens is 391 g/mol. The summed E-state index contributed by atoms with van der Waals surface area (Å²) in [6.07, 6.45) is -0.769. The Bertz CT molecular complexity index is 872. The van der Waals surface area contributed by atoms with Crippen LogP contribution in [-0.2, 0) is 4.74 Å². The quantitative estimate of drug-likeness (QED) is 0.514. The summed E-state index contributed by atoms with van der Waals surface area (Å²) in [5.74, 6) is -1.44. The number of nitrogens with one attached hydrogen (secondary N) is 2. The second-order valence-corrected chi connectivity index (χ2v) is 6.92. The number of ether oxygens (including phenoxy) is 2. The number of hydrogen-bond acceptors (Lipinski definition) is 6. The number of carbonyl (C=O) groups excluding carboxylic acids is 2. The van der Waals surface area contributed by atoms with Crippen molar-refractivity contribution in [2.75, 3.05) is 25.1 Å². The average Bonchev–Trinajstić information content (AvgIpc) is 2.71. The summed E-state index contributed by atoms with van der Waals surface area (Å²) in [6, 6.07) is 9.97. The van der Waals surface area contributed by atoms with Gasteiger partial charge in [0.25, 0.3) is 5.91 Å². The van der Waals surface area contributed by atoms with E-state index in [9.17, 15) is 19.1 Å². The lowest BCUT2D eigenvalue weighted by molar-refractivity contribution is 0.0515. The molecule has 2 aromatic carbocycles. The summed E-state index contributed by atoms with van der Waals surface area (Å²) in [7, 11) is 0. The molecule has 8 heteroatoms. The number of halogens is 1. The Morgan fingerprint density at radius 2 is 1.93 bits per heavy atom. The van der Waals surface area contributed by atoms with Crippen LogP contribution in [0.2, 0.25) is 0 Å². The van der Waals surface area contributed by atoms with Gasteiger partial charge in [-0.1, -0.05) is 19.9 Å². The van der Waals surface area contributed by atoms with Crippen LogP contribution >= 0.6 is 0 Å². The predicted octanol–water partition coefficient (Wildman–Crippen LogP) is 2.99. The van der Waals surface area contributed by atoms with Crippen LogP contribution in [0.4, 0.5) is 10.1 Å². The second kappa shape index (κ2) is 11.3. The fraction of sp³-hybridized carbons (Fsp3) is 0.364. The Kier molecular flexibility index (Phi) is 8.76. The van der Waals surface area contributed by atoms with Crippen molar-refractivity contribution in [3.8, 4) is 5.75 Å². The highest BCUT2D eigenvalue weighted by Gasteiger charge is 2.17. The number of carbonyl (C=O) groups is 2. The van der Waals surface area contributed by atoms with Gasteiger partial charge in [-0.3, -0.25) is 4.79 Å². The third kappa shape index (κ3) is 7.13. The molecule has 3 N–H and O–H groups in total. The summed E-state index contributed by atoms with van der Waals surface area (Å²) < 4.78 is 24.0. The van der Waals surface area contributed by atoms with E-state index in [0.29, 0.717) is 12.2 Å². The van der Waals surface area contributed by atoms with E-state index < -0.39 is 23.8 Å². The molecular formula is C22H27FN2O5. The second-order valence-electron chi connectivity index (χ2n) is 6.92. The fourth-order valence-corrected chi connectivity index (χ4v) is 2.55. The predicted molar refractivity (Wildman–Crippen MR) is 111 cm³/mol. The molecule has 1 amide bonds. The minimum Gasteiger partial charge on any atom is -0.490 e. The van der Waals surface area contributed by atoms with Crippen LogP contribution in [0, 0.1) is 5.82 Å². The normalized spacial score (nSPS) is 11.8. The molecule has 2 aromatic rings. The van der Waals surface area contributed by atoms with Crippen LogP contribution in [0.5, 0.6) is 5.75 Å². The number of aliphatic hydroxyl groups excluding tert-OH is 1. The van der Waals surface area contributed by atoms with E-state index >= 15 is 0 Å². The SMILES string of the molecule is CCOC(=O)c1cc(NC(=O)c2cccc(F)c2)ccc1OCC(O)CNC(C)C. The average molecular weight is 418 g/mol. The molecule has 7 nitrogen and oxygen atoms in total. The highest BCUT2D eigenvalue weighted by atomic mass is 19.1. The summed E-state index contributed by atoms with van der Waals surface area (Å²) in [5, 5.41) is 15.7. The van der Waals surface area contributed by atoms with Gasteiger partial charge >= 0.3 is 5.97 Å². The van der Waals surface area contributed by atoms with Gasteiger partial charge in [-0.15, -0.1) is 0 Å². The van der Waals surface area contributed by atoms with E-state index in [1.165, 1.54) is 30.3 Å². The van der Waals surface area contributed by atoms with Crippen molar-refractivity contribution in [3.63, 3.8) is 0 Å². The number of esters is 1. The van der Waals surface area contributed by atoms with Gasteiger partial charge in [0.1, 0.15) is 29.8 Å². The zero-order chi connectivity index (χ0) is 22.1. The molecule has 0 aliphatic rings. The van der Waals surface area contributed by atoms with Gasteiger partial charge in [-0.2, -0.15) is 0 Å². The van der Waals surface area contributed by atoms with Gasteiger partial charge < -0.3 is 25.2 Å². The lowest BCUT2D eigenvalue weighted by Crippen LogP contribution is -2.35. The Hall–Kier alpha value is -2.97. The number of aliphatic hydroxyl groups is 1. The lowest BCUT2D eigenvalue weighted by atomic mass is 10.1.